The van der Waals surface area contributed by atoms with Crippen LogP contribution in [0.1, 0.15) is 31.2 Å². The van der Waals surface area contributed by atoms with Crippen molar-refractivity contribution in [2.24, 2.45) is 15.9 Å². The van der Waals surface area contributed by atoms with Gasteiger partial charge in [-0.15, -0.1) is 5.10 Å². The number of halogens is 4. The van der Waals surface area contributed by atoms with Crippen LogP contribution in [0.4, 0.5) is 29.2 Å². The SMILES string of the molecule is COc1nc(/N=C\C2CN(C3COC3)C[C@@H]2F)nn2cc(F)c(-c3ccc4c(c3)C(CC(F)F)CC(C)=N4)c12. The number of nitrogens with zero attached hydrogens (tertiary/aromatic N) is 6. The molecule has 2 unspecified atom stereocenters. The highest BCUT2D eigenvalue weighted by atomic mass is 19.3. The van der Waals surface area contributed by atoms with Crippen molar-refractivity contribution in [3.63, 3.8) is 0 Å². The number of methoxy groups -OCH3 is 1. The Morgan fingerprint density at radius 3 is 2.79 bits per heavy atom. The van der Waals surface area contributed by atoms with Gasteiger partial charge in [0, 0.05) is 37.4 Å². The zero-order valence-electron chi connectivity index (χ0n) is 21.5. The lowest BCUT2D eigenvalue weighted by Crippen LogP contribution is -2.48. The lowest BCUT2D eigenvalue weighted by Gasteiger charge is -2.34. The maximum absolute atomic E-state index is 15.4. The quantitative estimate of drug-likeness (QED) is 0.304. The summed E-state index contributed by atoms with van der Waals surface area (Å²) in [6.07, 6.45) is -0.728. The van der Waals surface area contributed by atoms with E-state index in [4.69, 9.17) is 9.47 Å². The van der Waals surface area contributed by atoms with Crippen LogP contribution in [0.25, 0.3) is 16.6 Å². The van der Waals surface area contributed by atoms with Crippen LogP contribution in [0.15, 0.2) is 34.4 Å². The Labute approximate surface area is 222 Å². The number of benzene rings is 1. The Hall–Kier alpha value is -3.38. The van der Waals surface area contributed by atoms with Gasteiger partial charge in [0.1, 0.15) is 11.7 Å². The molecule has 3 aromatic rings. The largest absolute Gasteiger partial charge is 0.479 e. The van der Waals surface area contributed by atoms with Gasteiger partial charge < -0.3 is 9.47 Å². The molecule has 8 nitrogen and oxygen atoms in total. The summed E-state index contributed by atoms with van der Waals surface area (Å²) >= 11 is 0. The minimum Gasteiger partial charge on any atom is -0.479 e. The zero-order valence-corrected chi connectivity index (χ0v) is 21.5. The molecule has 3 atom stereocenters. The molecule has 0 saturated carbocycles. The van der Waals surface area contributed by atoms with E-state index in [9.17, 15) is 13.2 Å². The van der Waals surface area contributed by atoms with Crippen LogP contribution in [0.2, 0.25) is 0 Å². The second-order valence-electron chi connectivity index (χ2n) is 10.3. The third-order valence-electron chi connectivity index (χ3n) is 7.64. The van der Waals surface area contributed by atoms with Crippen LogP contribution in [-0.2, 0) is 4.74 Å². The summed E-state index contributed by atoms with van der Waals surface area (Å²) in [7, 11) is 1.40. The minimum absolute atomic E-state index is 0.00535. The third-order valence-corrected chi connectivity index (χ3v) is 7.64. The molecule has 6 rings (SSSR count). The average Bonchev–Trinajstić information content (AvgIpc) is 3.38. The number of hydrogen-bond acceptors (Lipinski definition) is 7. The molecule has 39 heavy (non-hydrogen) atoms. The summed E-state index contributed by atoms with van der Waals surface area (Å²) in [5.41, 5.74) is 2.98. The smallest absolute Gasteiger partial charge is 0.270 e. The van der Waals surface area contributed by atoms with E-state index in [1.807, 2.05) is 6.92 Å². The molecule has 206 valence electrons. The number of aromatic nitrogens is 3. The Morgan fingerprint density at radius 1 is 1.26 bits per heavy atom. The number of hydrogen-bond donors (Lipinski definition) is 0. The van der Waals surface area contributed by atoms with Crippen molar-refractivity contribution in [3.05, 3.63) is 35.8 Å². The predicted molar refractivity (Wildman–Crippen MR) is 138 cm³/mol. The molecule has 0 bridgehead atoms. The molecule has 2 saturated heterocycles. The molecule has 2 aromatic heterocycles. The zero-order chi connectivity index (χ0) is 27.3. The van der Waals surface area contributed by atoms with Gasteiger partial charge in [0.15, 0.2) is 5.82 Å². The van der Waals surface area contributed by atoms with E-state index >= 15 is 4.39 Å². The van der Waals surface area contributed by atoms with Crippen molar-refractivity contribution >= 4 is 29.1 Å². The first-order chi connectivity index (χ1) is 18.8. The molecular weight excluding hydrogens is 516 g/mol. The van der Waals surface area contributed by atoms with Crippen molar-refractivity contribution in [1.29, 1.82) is 0 Å². The Bertz CT molecular complexity index is 1450. The predicted octanol–water partition coefficient (Wildman–Crippen LogP) is 5.15. The van der Waals surface area contributed by atoms with Gasteiger partial charge >= 0.3 is 0 Å². The third kappa shape index (κ3) is 4.91. The standard InChI is InChI=1S/C27H28F4N6O2/c1-14-5-16(7-23(30)31)19-6-15(3-4-22(19)33-14)24-21(29)11-37-25(24)26(38-2)34-27(35-37)32-8-17-9-36(10-20(17)28)18-12-39-13-18/h3-4,6,8,11,16-18,20,23H,5,7,9-10,12-13H2,1-2H3/b32-8-/t16?,17?,20-/m0/s1. The van der Waals surface area contributed by atoms with Gasteiger partial charge in [0.25, 0.3) is 5.95 Å². The van der Waals surface area contributed by atoms with Crippen molar-refractivity contribution in [2.45, 2.75) is 44.3 Å². The van der Waals surface area contributed by atoms with Gasteiger partial charge in [-0.25, -0.2) is 27.1 Å². The first-order valence-corrected chi connectivity index (χ1v) is 12.9. The lowest BCUT2D eigenvalue weighted by atomic mass is 9.85. The van der Waals surface area contributed by atoms with Gasteiger partial charge in [-0.2, -0.15) is 4.98 Å². The molecule has 0 amide bonds. The van der Waals surface area contributed by atoms with Crippen LogP contribution in [0.5, 0.6) is 5.88 Å². The number of alkyl halides is 3. The summed E-state index contributed by atoms with van der Waals surface area (Å²) in [6.45, 7) is 3.88. The second-order valence-corrected chi connectivity index (χ2v) is 10.3. The number of aliphatic imine (C=N–C) groups is 2. The van der Waals surface area contributed by atoms with Crippen molar-refractivity contribution in [2.75, 3.05) is 33.4 Å². The van der Waals surface area contributed by atoms with E-state index < -0.39 is 30.3 Å². The van der Waals surface area contributed by atoms with Crippen LogP contribution < -0.4 is 4.74 Å². The monoisotopic (exact) mass is 544 g/mol. The molecule has 0 spiro atoms. The highest BCUT2D eigenvalue weighted by Crippen LogP contribution is 2.42. The fourth-order valence-corrected chi connectivity index (χ4v) is 5.62. The molecule has 3 aliphatic heterocycles. The Kier molecular flexibility index (Phi) is 6.84. The Morgan fingerprint density at radius 2 is 2.08 bits per heavy atom. The molecule has 1 aromatic carbocycles. The number of ether oxygens (including phenoxy) is 2. The average molecular weight is 545 g/mol. The normalized spacial score (nSPS) is 24.0. The van der Waals surface area contributed by atoms with E-state index in [0.29, 0.717) is 49.5 Å². The fourth-order valence-electron chi connectivity index (χ4n) is 5.62. The van der Waals surface area contributed by atoms with Gasteiger partial charge in [-0.1, -0.05) is 6.07 Å². The van der Waals surface area contributed by atoms with Crippen LogP contribution in [0, 0.1) is 11.7 Å². The summed E-state index contributed by atoms with van der Waals surface area (Å²) in [6, 6.07) is 5.36. The van der Waals surface area contributed by atoms with Crippen molar-refractivity contribution in [1.82, 2.24) is 19.5 Å². The van der Waals surface area contributed by atoms with Crippen LogP contribution >= 0.6 is 0 Å². The van der Waals surface area contributed by atoms with E-state index in [1.54, 1.807) is 18.2 Å². The molecular formula is C27H28F4N6O2. The molecule has 12 heteroatoms. The van der Waals surface area contributed by atoms with E-state index in [-0.39, 0.29) is 35.4 Å². The van der Waals surface area contributed by atoms with Crippen molar-refractivity contribution in [3.8, 4) is 17.0 Å². The molecule has 0 N–H and O–H groups in total. The number of rotatable bonds is 7. The first kappa shape index (κ1) is 25.9. The highest BCUT2D eigenvalue weighted by molar-refractivity contribution is 5.90. The van der Waals surface area contributed by atoms with Gasteiger partial charge in [-0.05, 0) is 42.5 Å². The van der Waals surface area contributed by atoms with E-state index in [0.717, 1.165) is 5.71 Å². The van der Waals surface area contributed by atoms with E-state index in [2.05, 4.69) is 25.0 Å². The summed E-state index contributed by atoms with van der Waals surface area (Å²) in [4.78, 5) is 15.2. The topological polar surface area (TPSA) is 76.6 Å². The summed E-state index contributed by atoms with van der Waals surface area (Å²) in [5, 5.41) is 4.32. The van der Waals surface area contributed by atoms with Gasteiger partial charge in [-0.3, -0.25) is 9.89 Å². The van der Waals surface area contributed by atoms with Gasteiger partial charge in [0.2, 0.25) is 12.3 Å². The van der Waals surface area contributed by atoms with Crippen LogP contribution in [-0.4, -0.2) is 83.5 Å². The summed E-state index contributed by atoms with van der Waals surface area (Å²) in [5.74, 6) is -1.33. The molecule has 3 aliphatic rings. The molecule has 0 aliphatic carbocycles. The summed E-state index contributed by atoms with van der Waals surface area (Å²) < 4.78 is 68.6. The van der Waals surface area contributed by atoms with E-state index in [1.165, 1.54) is 24.0 Å². The minimum atomic E-state index is -2.47. The highest BCUT2D eigenvalue weighted by Gasteiger charge is 2.38. The number of fused-ring (bicyclic) bond motifs is 2. The maximum Gasteiger partial charge on any atom is 0.270 e. The first-order valence-electron chi connectivity index (χ1n) is 12.9. The fraction of sp³-hybridized carbons (Fsp3) is 0.481. The Balaban J connectivity index is 1.33. The number of likely N-dealkylation sites (tertiary alicyclic amines) is 1. The van der Waals surface area contributed by atoms with Gasteiger partial charge in [0.05, 0.1) is 43.8 Å². The lowest BCUT2D eigenvalue weighted by molar-refractivity contribution is -0.0587. The molecule has 5 heterocycles. The van der Waals surface area contributed by atoms with Crippen LogP contribution in [0.3, 0.4) is 0 Å². The molecule has 0 radical (unpaired) electrons. The second kappa shape index (κ2) is 10.3. The van der Waals surface area contributed by atoms with Crippen molar-refractivity contribution < 1.29 is 27.0 Å². The maximum atomic E-state index is 15.4. The molecule has 2 fully saturated rings.